The summed E-state index contributed by atoms with van der Waals surface area (Å²) in [7, 11) is -2.32. The molecule has 0 radical (unpaired) electrons. The molecule has 0 amide bonds. The number of methoxy groups -OCH3 is 1. The van der Waals surface area contributed by atoms with Crippen LogP contribution in [0.25, 0.3) is 0 Å². The van der Waals surface area contributed by atoms with E-state index in [0.29, 0.717) is 12.1 Å². The van der Waals surface area contributed by atoms with Gasteiger partial charge in [0.15, 0.2) is 0 Å². The van der Waals surface area contributed by atoms with E-state index in [1.807, 2.05) is 0 Å². The highest BCUT2D eigenvalue weighted by atomic mass is 32.2. The highest BCUT2D eigenvalue weighted by molar-refractivity contribution is 7.89. The number of hydrogen-bond donors (Lipinski definition) is 3. The van der Waals surface area contributed by atoms with Gasteiger partial charge >= 0.3 is 0 Å². The number of anilines is 1. The third-order valence-corrected chi connectivity index (χ3v) is 4.01. The van der Waals surface area contributed by atoms with Gasteiger partial charge in [-0.25, -0.2) is 13.1 Å². The normalized spacial score (nSPS) is 13.3. The quantitative estimate of drug-likeness (QED) is 0.649. The molecule has 1 unspecified atom stereocenters. The maximum Gasteiger partial charge on any atom is 0.244 e. The lowest BCUT2D eigenvalue weighted by molar-refractivity contribution is 0.275. The maximum atomic E-state index is 12.1. The summed E-state index contributed by atoms with van der Waals surface area (Å²) in [5.41, 5.74) is 5.92. The second kappa shape index (κ2) is 6.03. The summed E-state index contributed by atoms with van der Waals surface area (Å²) in [5, 5.41) is 8.77. The Kier molecular flexibility index (Phi) is 4.94. The first-order chi connectivity index (χ1) is 8.40. The Hall–Kier alpha value is -1.31. The molecule has 0 aliphatic rings. The molecule has 0 aliphatic heterocycles. The van der Waals surface area contributed by atoms with Crippen LogP contribution in [0.1, 0.15) is 13.3 Å². The summed E-state index contributed by atoms with van der Waals surface area (Å²) in [5.74, 6) is 0.230. The Balaban J connectivity index is 3.07. The van der Waals surface area contributed by atoms with E-state index >= 15 is 0 Å². The minimum Gasteiger partial charge on any atom is -0.495 e. The van der Waals surface area contributed by atoms with Crippen LogP contribution in [0, 0.1) is 0 Å². The Morgan fingerprint density at radius 3 is 2.72 bits per heavy atom. The van der Waals surface area contributed by atoms with Gasteiger partial charge in [-0.05, 0) is 31.5 Å². The fourth-order valence-corrected chi connectivity index (χ4v) is 2.97. The largest absolute Gasteiger partial charge is 0.495 e. The van der Waals surface area contributed by atoms with Crippen LogP contribution in [0.5, 0.6) is 5.75 Å². The van der Waals surface area contributed by atoms with Gasteiger partial charge in [0.05, 0.1) is 7.11 Å². The molecular formula is C11H18N2O4S. The highest BCUT2D eigenvalue weighted by Gasteiger charge is 2.21. The molecule has 4 N–H and O–H groups in total. The number of ether oxygens (including phenoxy) is 1. The van der Waals surface area contributed by atoms with Crippen LogP contribution in [0.3, 0.4) is 0 Å². The molecule has 1 aromatic rings. The Bertz CT molecular complexity index is 502. The third kappa shape index (κ3) is 3.59. The fourth-order valence-electron chi connectivity index (χ4n) is 1.48. The van der Waals surface area contributed by atoms with Gasteiger partial charge in [0.1, 0.15) is 10.6 Å². The molecule has 0 aromatic heterocycles. The lowest BCUT2D eigenvalue weighted by Gasteiger charge is -2.15. The van der Waals surface area contributed by atoms with E-state index in [2.05, 4.69) is 4.72 Å². The predicted octanol–water partition coefficient (Wildman–Crippen LogP) is 0.327. The molecule has 7 heteroatoms. The molecule has 102 valence electrons. The predicted molar refractivity (Wildman–Crippen MR) is 68.9 cm³/mol. The van der Waals surface area contributed by atoms with Gasteiger partial charge in [-0.1, -0.05) is 0 Å². The maximum absolute atomic E-state index is 12.1. The highest BCUT2D eigenvalue weighted by Crippen LogP contribution is 2.25. The van der Waals surface area contributed by atoms with Crippen molar-refractivity contribution in [2.45, 2.75) is 24.3 Å². The zero-order chi connectivity index (χ0) is 13.8. The molecule has 0 bridgehead atoms. The standard InChI is InChI=1S/C11H18N2O4S/c1-8(5-6-14)13-18(15,16)11-7-9(12)3-4-10(11)17-2/h3-4,7-8,13-14H,5-6,12H2,1-2H3. The van der Waals surface area contributed by atoms with E-state index in [9.17, 15) is 8.42 Å². The fraction of sp³-hybridized carbons (Fsp3) is 0.455. The van der Waals surface area contributed by atoms with Crippen molar-refractivity contribution < 1.29 is 18.3 Å². The van der Waals surface area contributed by atoms with Gasteiger partial charge in [-0.3, -0.25) is 0 Å². The molecule has 6 nitrogen and oxygen atoms in total. The molecule has 0 saturated heterocycles. The van der Waals surface area contributed by atoms with Gasteiger partial charge in [0.25, 0.3) is 0 Å². The minimum atomic E-state index is -3.71. The van der Waals surface area contributed by atoms with E-state index in [-0.39, 0.29) is 23.3 Å². The summed E-state index contributed by atoms with van der Waals surface area (Å²) < 4.78 is 31.7. The number of sulfonamides is 1. The van der Waals surface area contributed by atoms with Crippen molar-refractivity contribution in [1.82, 2.24) is 4.72 Å². The lowest BCUT2D eigenvalue weighted by atomic mass is 10.3. The van der Waals surface area contributed by atoms with Crippen molar-refractivity contribution in [1.29, 1.82) is 0 Å². The van der Waals surface area contributed by atoms with Crippen LogP contribution < -0.4 is 15.2 Å². The molecule has 0 aliphatic carbocycles. The number of nitrogen functional groups attached to an aromatic ring is 1. The van der Waals surface area contributed by atoms with Crippen molar-refractivity contribution in [3.8, 4) is 5.75 Å². The topological polar surface area (TPSA) is 102 Å². The zero-order valence-electron chi connectivity index (χ0n) is 10.4. The first-order valence-electron chi connectivity index (χ1n) is 5.47. The number of rotatable bonds is 6. The number of nitrogens with two attached hydrogens (primary N) is 1. The Morgan fingerprint density at radius 2 is 2.17 bits per heavy atom. The van der Waals surface area contributed by atoms with Gasteiger partial charge in [0.2, 0.25) is 10.0 Å². The van der Waals surface area contributed by atoms with Crippen LogP contribution >= 0.6 is 0 Å². The average Bonchev–Trinajstić information content (AvgIpc) is 2.28. The average molecular weight is 274 g/mol. The van der Waals surface area contributed by atoms with Crippen molar-refractivity contribution in [3.63, 3.8) is 0 Å². The van der Waals surface area contributed by atoms with Crippen LogP contribution in [-0.4, -0.2) is 33.3 Å². The van der Waals surface area contributed by atoms with Gasteiger partial charge in [-0.2, -0.15) is 0 Å². The van der Waals surface area contributed by atoms with Gasteiger partial charge < -0.3 is 15.6 Å². The number of aliphatic hydroxyl groups excluding tert-OH is 1. The summed E-state index contributed by atoms with van der Waals surface area (Å²) in [6.45, 7) is 1.59. The first kappa shape index (κ1) is 14.7. The zero-order valence-corrected chi connectivity index (χ0v) is 11.2. The van der Waals surface area contributed by atoms with E-state index < -0.39 is 10.0 Å². The summed E-state index contributed by atoms with van der Waals surface area (Å²) in [6.07, 6.45) is 0.337. The minimum absolute atomic E-state index is 0.00482. The van der Waals surface area contributed by atoms with Crippen molar-refractivity contribution in [3.05, 3.63) is 18.2 Å². The van der Waals surface area contributed by atoms with Crippen molar-refractivity contribution in [2.24, 2.45) is 0 Å². The number of aliphatic hydroxyl groups is 1. The second-order valence-corrected chi connectivity index (χ2v) is 5.63. The number of nitrogens with one attached hydrogen (secondary N) is 1. The Morgan fingerprint density at radius 1 is 1.50 bits per heavy atom. The smallest absolute Gasteiger partial charge is 0.244 e. The summed E-state index contributed by atoms with van der Waals surface area (Å²) >= 11 is 0. The molecule has 1 aromatic carbocycles. The second-order valence-electron chi connectivity index (χ2n) is 3.94. The van der Waals surface area contributed by atoms with Crippen LogP contribution in [0.2, 0.25) is 0 Å². The molecule has 0 heterocycles. The van der Waals surface area contributed by atoms with E-state index in [4.69, 9.17) is 15.6 Å². The molecular weight excluding hydrogens is 256 g/mol. The summed E-state index contributed by atoms with van der Waals surface area (Å²) in [4.78, 5) is -0.00482. The van der Waals surface area contributed by atoms with Crippen LogP contribution in [0.4, 0.5) is 5.69 Å². The third-order valence-electron chi connectivity index (χ3n) is 2.40. The molecule has 1 rings (SSSR count). The first-order valence-corrected chi connectivity index (χ1v) is 6.95. The van der Waals surface area contributed by atoms with E-state index in [1.54, 1.807) is 13.0 Å². The van der Waals surface area contributed by atoms with Crippen LogP contribution in [-0.2, 0) is 10.0 Å². The molecule has 0 saturated carbocycles. The number of hydrogen-bond acceptors (Lipinski definition) is 5. The lowest BCUT2D eigenvalue weighted by Crippen LogP contribution is -2.33. The van der Waals surface area contributed by atoms with Crippen LogP contribution in [0.15, 0.2) is 23.1 Å². The number of benzene rings is 1. The van der Waals surface area contributed by atoms with Crippen molar-refractivity contribution >= 4 is 15.7 Å². The van der Waals surface area contributed by atoms with E-state index in [0.717, 1.165) is 0 Å². The SMILES string of the molecule is COc1ccc(N)cc1S(=O)(=O)NC(C)CCO. The molecule has 0 spiro atoms. The van der Waals surface area contributed by atoms with Gasteiger partial charge in [-0.15, -0.1) is 0 Å². The molecule has 18 heavy (non-hydrogen) atoms. The summed E-state index contributed by atoms with van der Waals surface area (Å²) in [6, 6.07) is 4.04. The van der Waals surface area contributed by atoms with Crippen molar-refractivity contribution in [2.75, 3.05) is 19.5 Å². The monoisotopic (exact) mass is 274 g/mol. The van der Waals surface area contributed by atoms with Gasteiger partial charge in [0, 0.05) is 18.3 Å². The molecule has 1 atom stereocenters. The van der Waals surface area contributed by atoms with E-state index in [1.165, 1.54) is 19.2 Å². The molecule has 0 fully saturated rings. The Labute approximate surface area is 107 Å².